The van der Waals surface area contributed by atoms with Gasteiger partial charge in [0.2, 0.25) is 0 Å². The monoisotopic (exact) mass is 825 g/mol. The van der Waals surface area contributed by atoms with Gasteiger partial charge in [-0.15, -0.1) is 54.1 Å². The molecule has 0 bridgehead atoms. The molecule has 0 aliphatic carbocycles. The van der Waals surface area contributed by atoms with Crippen LogP contribution in [0.15, 0.2) is 108 Å². The summed E-state index contributed by atoms with van der Waals surface area (Å²) in [4.78, 5) is 18.2. The predicted octanol–water partition coefficient (Wildman–Crippen LogP) is 10.2. The molecule has 0 unspecified atom stereocenters. The van der Waals surface area contributed by atoms with Gasteiger partial charge in [-0.1, -0.05) is 101 Å². The third-order valence-electron chi connectivity index (χ3n) is 8.26. The van der Waals surface area contributed by atoms with Crippen LogP contribution in [0.5, 0.6) is 0 Å². The van der Waals surface area contributed by atoms with Gasteiger partial charge >= 0.3 is 0 Å². The average Bonchev–Trinajstić information content (AvgIpc) is 3.47. The topological polar surface area (TPSA) is 64.7 Å². The average molecular weight is 825 g/mol. The predicted molar refractivity (Wildman–Crippen MR) is 196 cm³/mol. The van der Waals surface area contributed by atoms with E-state index in [1.54, 1.807) is 6.33 Å². The molecule has 0 atom stereocenters. The molecule has 7 heteroatoms. The van der Waals surface area contributed by atoms with Crippen LogP contribution < -0.4 is 5.32 Å². The summed E-state index contributed by atoms with van der Waals surface area (Å²) in [5.74, 6) is 1.58. The van der Waals surface area contributed by atoms with E-state index in [2.05, 4.69) is 116 Å². The first-order chi connectivity index (χ1) is 22.6. The maximum absolute atomic E-state index is 6.22. The quantitative estimate of drug-likeness (QED) is 0.123. The van der Waals surface area contributed by atoms with Crippen LogP contribution in [0.3, 0.4) is 0 Å². The molecule has 5 nitrogen and oxygen atoms in total. The number of fused-ring (bicyclic) bond motifs is 3. The maximum Gasteiger partial charge on any atom is 0.120 e. The first-order valence-corrected chi connectivity index (χ1v) is 19.7. The summed E-state index contributed by atoms with van der Waals surface area (Å²) >= 11 is 0. The van der Waals surface area contributed by atoms with Gasteiger partial charge in [-0.05, 0) is 40.8 Å². The Kier molecular flexibility index (Phi) is 10.8. The van der Waals surface area contributed by atoms with Crippen molar-refractivity contribution in [3.05, 3.63) is 127 Å². The van der Waals surface area contributed by atoms with Gasteiger partial charge in [-0.2, -0.15) is 0 Å². The van der Waals surface area contributed by atoms with E-state index in [0.717, 1.165) is 50.3 Å². The van der Waals surface area contributed by atoms with E-state index in [1.165, 1.54) is 22.0 Å². The standard InChI is InChI=1S/C28H25N2O.C13H15N2Si.Ir/c1-17(2)19-10-7-11-20(18(3)4)27(19)25-15-24(29-16-30-25)23-13-8-12-22-21-9-5-6-14-26(21)31-28(22)23;1-16(2,3)12-9-10-14-13(15-12)11-7-5-4-6-8-11;/h5-12,14-18H,1-4H3;4-7,9-10H,1-3H3;/q2*-1;. The number of para-hydroxylation sites is 1. The Morgan fingerprint density at radius 2 is 1.40 bits per heavy atom. The van der Waals surface area contributed by atoms with Crippen molar-refractivity contribution in [3.63, 3.8) is 0 Å². The minimum Gasteiger partial charge on any atom is -0.501 e. The number of furan rings is 1. The van der Waals surface area contributed by atoms with E-state index in [0.29, 0.717) is 11.8 Å². The molecular formula is C41H40IrN4OSi-2. The Balaban J connectivity index is 0.000000224. The van der Waals surface area contributed by atoms with Crippen molar-refractivity contribution in [2.75, 3.05) is 0 Å². The molecule has 245 valence electrons. The van der Waals surface area contributed by atoms with E-state index in [9.17, 15) is 0 Å². The summed E-state index contributed by atoms with van der Waals surface area (Å²) in [6.07, 6.45) is 3.50. The number of hydrogen-bond acceptors (Lipinski definition) is 5. The normalized spacial score (nSPS) is 11.4. The van der Waals surface area contributed by atoms with E-state index < -0.39 is 8.07 Å². The Morgan fingerprint density at radius 3 is 2.08 bits per heavy atom. The summed E-state index contributed by atoms with van der Waals surface area (Å²) in [6.45, 7) is 15.8. The SMILES string of the molecule is CC(C)c1cccc(C(C)C)c1-c1cc(-c2[c-]ccc3c2oc2ccccc23)ncn1.C[Si](C)(C)c1ccnc(-c2[c-]cccc2)n1.[Ir]. The molecule has 0 aliphatic rings. The van der Waals surface area contributed by atoms with Crippen LogP contribution in [0.4, 0.5) is 0 Å². The summed E-state index contributed by atoms with van der Waals surface area (Å²) < 4.78 is 6.22. The fraction of sp³-hybridized carbons (Fsp3) is 0.220. The zero-order valence-corrected chi connectivity index (χ0v) is 31.9. The fourth-order valence-electron chi connectivity index (χ4n) is 5.80. The van der Waals surface area contributed by atoms with Crippen LogP contribution >= 0.6 is 0 Å². The molecule has 0 aliphatic heterocycles. The van der Waals surface area contributed by atoms with Gasteiger partial charge in [0.25, 0.3) is 0 Å². The van der Waals surface area contributed by atoms with Gasteiger partial charge in [0.1, 0.15) is 20.0 Å². The zero-order valence-electron chi connectivity index (χ0n) is 28.5. The summed E-state index contributed by atoms with van der Waals surface area (Å²) in [5, 5.41) is 3.37. The van der Waals surface area contributed by atoms with Crippen molar-refractivity contribution >= 4 is 35.3 Å². The maximum atomic E-state index is 6.22. The number of hydrogen-bond donors (Lipinski definition) is 0. The van der Waals surface area contributed by atoms with E-state index in [-0.39, 0.29) is 20.1 Å². The molecule has 0 spiro atoms. The second kappa shape index (κ2) is 14.9. The molecule has 48 heavy (non-hydrogen) atoms. The van der Waals surface area contributed by atoms with Crippen LogP contribution in [0.2, 0.25) is 19.6 Å². The van der Waals surface area contributed by atoms with Crippen LogP contribution in [0.1, 0.15) is 50.7 Å². The molecule has 0 fully saturated rings. The summed E-state index contributed by atoms with van der Waals surface area (Å²) in [6, 6.07) is 37.1. The molecule has 7 rings (SSSR count). The van der Waals surface area contributed by atoms with Gasteiger partial charge in [0, 0.05) is 42.6 Å². The Hall–Kier alpha value is -4.29. The summed E-state index contributed by atoms with van der Waals surface area (Å²) in [5.41, 5.74) is 9.11. The molecule has 7 aromatic rings. The van der Waals surface area contributed by atoms with Crippen LogP contribution in [-0.2, 0) is 20.1 Å². The largest absolute Gasteiger partial charge is 0.501 e. The first-order valence-electron chi connectivity index (χ1n) is 16.2. The number of nitrogens with zero attached hydrogens (tertiary/aromatic N) is 4. The van der Waals surface area contributed by atoms with Crippen LogP contribution in [0.25, 0.3) is 55.8 Å². The minimum atomic E-state index is -1.36. The Labute approximate surface area is 298 Å². The van der Waals surface area contributed by atoms with Gasteiger partial charge in [-0.25, -0.2) is 4.98 Å². The van der Waals surface area contributed by atoms with Gasteiger partial charge in [0.15, 0.2) is 0 Å². The van der Waals surface area contributed by atoms with Crippen molar-refractivity contribution < 1.29 is 24.5 Å². The van der Waals surface area contributed by atoms with E-state index in [1.807, 2.05) is 60.8 Å². The molecule has 3 aromatic heterocycles. The van der Waals surface area contributed by atoms with Gasteiger partial charge in [0.05, 0.1) is 17.1 Å². The van der Waals surface area contributed by atoms with Gasteiger partial charge < -0.3 is 4.42 Å². The Bertz CT molecular complexity index is 2130. The zero-order chi connectivity index (χ0) is 33.1. The number of aromatic nitrogens is 4. The molecule has 3 heterocycles. The second-order valence-corrected chi connectivity index (χ2v) is 18.4. The molecular weight excluding hydrogens is 785 g/mol. The van der Waals surface area contributed by atoms with Crippen molar-refractivity contribution in [2.45, 2.75) is 59.2 Å². The third-order valence-corrected chi connectivity index (χ3v) is 10.1. The molecule has 1 radical (unpaired) electrons. The van der Waals surface area contributed by atoms with Crippen molar-refractivity contribution in [2.24, 2.45) is 0 Å². The van der Waals surface area contributed by atoms with E-state index in [4.69, 9.17) is 4.42 Å². The third kappa shape index (κ3) is 7.39. The Morgan fingerprint density at radius 1 is 0.688 bits per heavy atom. The van der Waals surface area contributed by atoms with Crippen LogP contribution in [0, 0.1) is 12.1 Å². The summed E-state index contributed by atoms with van der Waals surface area (Å²) in [7, 11) is -1.36. The molecule has 0 amide bonds. The van der Waals surface area contributed by atoms with Crippen LogP contribution in [-0.4, -0.2) is 28.0 Å². The molecule has 0 N–H and O–H groups in total. The number of rotatable bonds is 6. The smallest absolute Gasteiger partial charge is 0.120 e. The first kappa shape index (κ1) is 35.0. The number of benzene rings is 4. The minimum absolute atomic E-state index is 0. The molecule has 4 aromatic carbocycles. The molecule has 0 saturated heterocycles. The van der Waals surface area contributed by atoms with Crippen molar-refractivity contribution in [1.82, 2.24) is 19.9 Å². The van der Waals surface area contributed by atoms with Crippen molar-refractivity contribution in [3.8, 4) is 33.9 Å². The van der Waals surface area contributed by atoms with Gasteiger partial charge in [-0.3, -0.25) is 15.0 Å². The molecule has 0 saturated carbocycles. The van der Waals surface area contributed by atoms with Crippen molar-refractivity contribution in [1.29, 1.82) is 0 Å². The second-order valence-electron chi connectivity index (χ2n) is 13.4. The van der Waals surface area contributed by atoms with E-state index >= 15 is 0 Å². The fourth-order valence-corrected chi connectivity index (χ4v) is 6.81.